The molecule has 2 aromatic heterocycles. The smallest absolute Gasteiger partial charge is 0.167 e. The first-order chi connectivity index (χ1) is 24.8. The maximum absolute atomic E-state index is 6.40. The molecule has 10 rings (SSSR count). The van der Waals surface area contributed by atoms with Gasteiger partial charge in [-0.05, 0) is 69.1 Å². The second kappa shape index (κ2) is 11.5. The number of hydrogen-bond acceptors (Lipinski definition) is 4. The lowest BCUT2D eigenvalue weighted by Gasteiger charge is -2.10. The molecule has 0 atom stereocenters. The molecule has 4 heteroatoms. The first-order valence-corrected chi connectivity index (χ1v) is 16.9. The number of fused-ring (bicyclic) bond motifs is 6. The normalized spacial score (nSPS) is 11.9. The lowest BCUT2D eigenvalue weighted by atomic mass is 9.94. The van der Waals surface area contributed by atoms with Gasteiger partial charge >= 0.3 is 0 Å². The zero-order valence-corrected chi connectivity index (χ0v) is 27.0. The largest absolute Gasteiger partial charge is 0.455 e. The summed E-state index contributed by atoms with van der Waals surface area (Å²) in [5.74, 6) is 1.85. The standard InChI is InChI=1S/C46H29N3O/c1-3-11-29(12-4-1)30-21-23-31(24-22-30)35-16-9-17-37-36-26-25-33(27-34(36)28-41(35)37)45-47-44(32-13-5-2-6-14-32)48-46(49-45)40-19-10-18-39-38-15-7-8-20-42(38)50-43(39)40/h1-27H,28H2. The van der Waals surface area contributed by atoms with Gasteiger partial charge in [0.15, 0.2) is 17.5 Å². The van der Waals surface area contributed by atoms with Gasteiger partial charge in [0.05, 0.1) is 5.56 Å². The van der Waals surface area contributed by atoms with E-state index in [1.165, 1.54) is 44.5 Å². The molecule has 0 saturated carbocycles. The van der Waals surface area contributed by atoms with E-state index in [2.05, 4.69) is 103 Å². The van der Waals surface area contributed by atoms with Crippen LogP contribution in [0, 0.1) is 0 Å². The van der Waals surface area contributed by atoms with E-state index in [1.54, 1.807) is 0 Å². The number of benzene rings is 7. The van der Waals surface area contributed by atoms with E-state index in [0.717, 1.165) is 45.0 Å². The molecule has 9 aromatic rings. The highest BCUT2D eigenvalue weighted by atomic mass is 16.3. The number of furan rings is 1. The van der Waals surface area contributed by atoms with Crippen molar-refractivity contribution in [3.8, 4) is 67.5 Å². The van der Waals surface area contributed by atoms with Crippen LogP contribution in [0.1, 0.15) is 11.1 Å². The summed E-state index contributed by atoms with van der Waals surface area (Å²) in [5.41, 5.74) is 14.5. The average Bonchev–Trinajstić information content (AvgIpc) is 3.77. The lowest BCUT2D eigenvalue weighted by Crippen LogP contribution is -2.00. The number of nitrogens with zero attached hydrogens (tertiary/aromatic N) is 3. The highest BCUT2D eigenvalue weighted by molar-refractivity contribution is 6.09. The van der Waals surface area contributed by atoms with E-state index in [0.29, 0.717) is 17.5 Å². The molecule has 0 unspecified atom stereocenters. The summed E-state index contributed by atoms with van der Waals surface area (Å²) in [6.45, 7) is 0. The highest BCUT2D eigenvalue weighted by Crippen LogP contribution is 2.43. The third-order valence-corrected chi connectivity index (χ3v) is 9.81. The van der Waals surface area contributed by atoms with Crippen LogP contribution < -0.4 is 0 Å². The van der Waals surface area contributed by atoms with Crippen molar-refractivity contribution in [2.24, 2.45) is 0 Å². The quantitative estimate of drug-likeness (QED) is 0.188. The maximum Gasteiger partial charge on any atom is 0.167 e. The van der Waals surface area contributed by atoms with Gasteiger partial charge in [-0.2, -0.15) is 0 Å². The number of rotatable bonds is 5. The Morgan fingerprint density at radius 2 is 0.960 bits per heavy atom. The van der Waals surface area contributed by atoms with Crippen molar-refractivity contribution in [3.05, 3.63) is 175 Å². The van der Waals surface area contributed by atoms with Crippen LogP contribution in [-0.2, 0) is 6.42 Å². The van der Waals surface area contributed by atoms with Crippen LogP contribution in [0.25, 0.3) is 89.5 Å². The molecule has 234 valence electrons. The Morgan fingerprint density at radius 1 is 0.380 bits per heavy atom. The first-order valence-electron chi connectivity index (χ1n) is 16.9. The monoisotopic (exact) mass is 639 g/mol. The summed E-state index contributed by atoms with van der Waals surface area (Å²) < 4.78 is 6.40. The molecule has 1 aliphatic carbocycles. The van der Waals surface area contributed by atoms with Crippen LogP contribution in [0.15, 0.2) is 168 Å². The van der Waals surface area contributed by atoms with E-state index < -0.39 is 0 Å². The molecule has 50 heavy (non-hydrogen) atoms. The van der Waals surface area contributed by atoms with Crippen LogP contribution in [0.3, 0.4) is 0 Å². The molecule has 0 fully saturated rings. The average molecular weight is 640 g/mol. The van der Waals surface area contributed by atoms with Gasteiger partial charge in [0.2, 0.25) is 0 Å². The Morgan fingerprint density at radius 3 is 1.78 bits per heavy atom. The molecule has 4 nitrogen and oxygen atoms in total. The zero-order chi connectivity index (χ0) is 33.0. The van der Waals surface area contributed by atoms with E-state index >= 15 is 0 Å². The van der Waals surface area contributed by atoms with E-state index in [4.69, 9.17) is 19.4 Å². The number of para-hydroxylation sites is 2. The van der Waals surface area contributed by atoms with Crippen molar-refractivity contribution in [1.82, 2.24) is 15.0 Å². The maximum atomic E-state index is 6.40. The fourth-order valence-corrected chi connectivity index (χ4v) is 7.37. The minimum atomic E-state index is 0.587. The molecule has 0 aliphatic heterocycles. The van der Waals surface area contributed by atoms with Crippen molar-refractivity contribution >= 4 is 21.9 Å². The highest BCUT2D eigenvalue weighted by Gasteiger charge is 2.24. The molecule has 0 saturated heterocycles. The number of hydrogen-bond donors (Lipinski definition) is 0. The predicted molar refractivity (Wildman–Crippen MR) is 203 cm³/mol. The van der Waals surface area contributed by atoms with Crippen LogP contribution in [-0.4, -0.2) is 15.0 Å². The predicted octanol–water partition coefficient (Wildman–Crippen LogP) is 11.7. The van der Waals surface area contributed by atoms with Gasteiger partial charge in [-0.1, -0.05) is 146 Å². The molecule has 0 radical (unpaired) electrons. The Hall–Kier alpha value is -6.65. The van der Waals surface area contributed by atoms with Crippen molar-refractivity contribution < 1.29 is 4.42 Å². The molecule has 0 amide bonds. The Labute approximate surface area is 289 Å². The molecular weight excluding hydrogens is 611 g/mol. The Bertz CT molecular complexity index is 2710. The zero-order valence-electron chi connectivity index (χ0n) is 27.0. The van der Waals surface area contributed by atoms with Gasteiger partial charge < -0.3 is 4.42 Å². The summed E-state index contributed by atoms with van der Waals surface area (Å²) >= 11 is 0. The van der Waals surface area contributed by atoms with E-state index in [9.17, 15) is 0 Å². The van der Waals surface area contributed by atoms with Gasteiger partial charge in [0.1, 0.15) is 11.2 Å². The van der Waals surface area contributed by atoms with Crippen LogP contribution in [0.4, 0.5) is 0 Å². The van der Waals surface area contributed by atoms with Crippen LogP contribution >= 0.6 is 0 Å². The van der Waals surface area contributed by atoms with Gasteiger partial charge in [-0.25, -0.2) is 15.0 Å². The Kier molecular flexibility index (Phi) is 6.53. The SMILES string of the molecule is c1ccc(-c2ccc(-c3cccc4c3Cc3cc(-c5nc(-c6ccccc6)nc(-c6cccc7c6oc6ccccc67)n5)ccc3-4)cc2)cc1. The van der Waals surface area contributed by atoms with Crippen LogP contribution in [0.5, 0.6) is 0 Å². The fraction of sp³-hybridized carbons (Fsp3) is 0.0217. The third-order valence-electron chi connectivity index (χ3n) is 9.81. The van der Waals surface area contributed by atoms with Crippen LogP contribution in [0.2, 0.25) is 0 Å². The Balaban J connectivity index is 1.06. The summed E-state index contributed by atoms with van der Waals surface area (Å²) in [4.78, 5) is 15.2. The number of aromatic nitrogens is 3. The molecule has 1 aliphatic rings. The van der Waals surface area contributed by atoms with E-state index in [-0.39, 0.29) is 0 Å². The minimum absolute atomic E-state index is 0.587. The van der Waals surface area contributed by atoms with Gasteiger partial charge in [0, 0.05) is 21.9 Å². The summed E-state index contributed by atoms with van der Waals surface area (Å²) in [6, 6.07) is 57.1. The molecule has 7 aromatic carbocycles. The topological polar surface area (TPSA) is 51.8 Å². The first kappa shape index (κ1) is 28.4. The second-order valence-corrected chi connectivity index (χ2v) is 12.8. The third kappa shape index (κ3) is 4.73. The van der Waals surface area contributed by atoms with Gasteiger partial charge in [-0.3, -0.25) is 0 Å². The van der Waals surface area contributed by atoms with Crippen molar-refractivity contribution in [3.63, 3.8) is 0 Å². The van der Waals surface area contributed by atoms with Crippen molar-refractivity contribution in [2.75, 3.05) is 0 Å². The summed E-state index contributed by atoms with van der Waals surface area (Å²) in [5, 5.41) is 2.12. The minimum Gasteiger partial charge on any atom is -0.455 e. The lowest BCUT2D eigenvalue weighted by molar-refractivity contribution is 0.669. The van der Waals surface area contributed by atoms with Gasteiger partial charge in [-0.15, -0.1) is 0 Å². The molecule has 0 bridgehead atoms. The molecule has 0 N–H and O–H groups in total. The van der Waals surface area contributed by atoms with Crippen molar-refractivity contribution in [2.45, 2.75) is 6.42 Å². The summed E-state index contributed by atoms with van der Waals surface area (Å²) in [7, 11) is 0. The molecule has 0 spiro atoms. The second-order valence-electron chi connectivity index (χ2n) is 12.8. The van der Waals surface area contributed by atoms with E-state index in [1.807, 2.05) is 60.7 Å². The fourth-order valence-electron chi connectivity index (χ4n) is 7.37. The summed E-state index contributed by atoms with van der Waals surface area (Å²) in [6.07, 6.45) is 0.844. The van der Waals surface area contributed by atoms with Gasteiger partial charge in [0.25, 0.3) is 0 Å². The van der Waals surface area contributed by atoms with Crippen molar-refractivity contribution in [1.29, 1.82) is 0 Å². The molecular formula is C46H29N3O. The molecule has 2 heterocycles.